The Kier molecular flexibility index (Phi) is 4.41. The summed E-state index contributed by atoms with van der Waals surface area (Å²) >= 11 is 0. The van der Waals surface area contributed by atoms with Crippen molar-refractivity contribution in [3.63, 3.8) is 0 Å². The number of likely N-dealkylation sites (tertiary alicyclic amines) is 1. The van der Waals surface area contributed by atoms with Crippen LogP contribution in [-0.2, 0) is 6.42 Å². The third-order valence-electron chi connectivity index (χ3n) is 4.91. The highest BCUT2D eigenvalue weighted by Gasteiger charge is 2.26. The summed E-state index contributed by atoms with van der Waals surface area (Å²) in [5.74, 6) is 2.06. The first-order chi connectivity index (χ1) is 12.6. The number of nitrogens with zero attached hydrogens (tertiary/aromatic N) is 4. The molecule has 1 saturated heterocycles. The number of imidazole rings is 1. The van der Waals surface area contributed by atoms with Crippen LogP contribution < -0.4 is 0 Å². The summed E-state index contributed by atoms with van der Waals surface area (Å²) in [5, 5.41) is 0. The van der Waals surface area contributed by atoms with Gasteiger partial charge < -0.3 is 9.88 Å². The fourth-order valence-electron chi connectivity index (χ4n) is 3.78. The van der Waals surface area contributed by atoms with Crippen LogP contribution in [0.25, 0.3) is 11.0 Å². The number of rotatable bonds is 3. The van der Waals surface area contributed by atoms with E-state index >= 15 is 0 Å². The molecule has 1 aliphatic heterocycles. The molecule has 6 heteroatoms. The number of carbonyl (C=O) groups excluding carboxylic acids is 1. The van der Waals surface area contributed by atoms with E-state index in [4.69, 9.17) is 0 Å². The van der Waals surface area contributed by atoms with E-state index in [1.165, 1.54) is 0 Å². The zero-order chi connectivity index (χ0) is 18.1. The lowest BCUT2D eigenvalue weighted by atomic mass is 9.94. The van der Waals surface area contributed by atoms with Crippen molar-refractivity contribution in [2.24, 2.45) is 5.92 Å². The number of aromatic nitrogens is 4. The van der Waals surface area contributed by atoms with Gasteiger partial charge in [0.15, 0.2) is 0 Å². The minimum Gasteiger partial charge on any atom is -0.342 e. The first-order valence-electron chi connectivity index (χ1n) is 9.13. The summed E-state index contributed by atoms with van der Waals surface area (Å²) < 4.78 is 0. The van der Waals surface area contributed by atoms with Gasteiger partial charge in [-0.3, -0.25) is 4.79 Å². The van der Waals surface area contributed by atoms with E-state index in [9.17, 15) is 4.79 Å². The van der Waals surface area contributed by atoms with Crippen LogP contribution in [0.15, 0.2) is 30.3 Å². The van der Waals surface area contributed by atoms with Crippen LogP contribution in [0, 0.1) is 19.8 Å². The molecule has 0 saturated carbocycles. The van der Waals surface area contributed by atoms with E-state index in [0.717, 1.165) is 54.9 Å². The maximum atomic E-state index is 12.9. The molecule has 1 atom stereocenters. The molecule has 1 amide bonds. The molecule has 3 heterocycles. The van der Waals surface area contributed by atoms with Crippen molar-refractivity contribution in [1.82, 2.24) is 24.8 Å². The van der Waals surface area contributed by atoms with E-state index in [-0.39, 0.29) is 5.91 Å². The average molecular weight is 349 g/mol. The van der Waals surface area contributed by atoms with Crippen LogP contribution in [0.3, 0.4) is 0 Å². The Morgan fingerprint density at radius 2 is 2.08 bits per heavy atom. The molecule has 0 bridgehead atoms. The van der Waals surface area contributed by atoms with Crippen LogP contribution in [-0.4, -0.2) is 43.8 Å². The monoisotopic (exact) mass is 349 g/mol. The second-order valence-corrected chi connectivity index (χ2v) is 7.11. The van der Waals surface area contributed by atoms with Gasteiger partial charge in [-0.1, -0.05) is 12.1 Å². The Morgan fingerprint density at radius 1 is 1.23 bits per heavy atom. The molecule has 4 rings (SSSR count). The van der Waals surface area contributed by atoms with Gasteiger partial charge in [-0.25, -0.2) is 15.0 Å². The maximum absolute atomic E-state index is 12.9. The van der Waals surface area contributed by atoms with Gasteiger partial charge >= 0.3 is 0 Å². The lowest BCUT2D eigenvalue weighted by Crippen LogP contribution is -2.41. The quantitative estimate of drug-likeness (QED) is 0.788. The molecule has 1 aliphatic rings. The number of nitrogens with one attached hydrogen (secondary N) is 1. The largest absolute Gasteiger partial charge is 0.342 e. The fraction of sp³-hybridized carbons (Fsp3) is 0.400. The van der Waals surface area contributed by atoms with Crippen LogP contribution in [0.2, 0.25) is 0 Å². The van der Waals surface area contributed by atoms with Crippen molar-refractivity contribution in [3.8, 4) is 0 Å². The SMILES string of the molecule is Cc1cc(C(=O)N2CCC[C@@H](Cc3nc4ccccc4[nH]3)C2)nc(C)n1. The van der Waals surface area contributed by atoms with Gasteiger partial charge in [0.25, 0.3) is 5.91 Å². The third-order valence-corrected chi connectivity index (χ3v) is 4.91. The van der Waals surface area contributed by atoms with Gasteiger partial charge in [-0.05, 0) is 50.8 Å². The number of benzene rings is 1. The highest BCUT2D eigenvalue weighted by molar-refractivity contribution is 5.92. The van der Waals surface area contributed by atoms with Gasteiger partial charge in [0, 0.05) is 25.2 Å². The summed E-state index contributed by atoms with van der Waals surface area (Å²) in [5.41, 5.74) is 3.40. The molecule has 26 heavy (non-hydrogen) atoms. The Bertz CT molecular complexity index is 895. The lowest BCUT2D eigenvalue weighted by molar-refractivity contribution is 0.0665. The molecule has 1 fully saturated rings. The Hall–Kier alpha value is -2.76. The van der Waals surface area contributed by atoms with E-state index in [2.05, 4.69) is 19.9 Å². The van der Waals surface area contributed by atoms with Crippen molar-refractivity contribution in [3.05, 3.63) is 53.4 Å². The summed E-state index contributed by atoms with van der Waals surface area (Å²) in [6, 6.07) is 9.85. The van der Waals surface area contributed by atoms with Crippen molar-refractivity contribution in [2.75, 3.05) is 13.1 Å². The number of H-pyrrole nitrogens is 1. The summed E-state index contributed by atoms with van der Waals surface area (Å²) in [4.78, 5) is 31.4. The van der Waals surface area contributed by atoms with Crippen molar-refractivity contribution < 1.29 is 4.79 Å². The Morgan fingerprint density at radius 3 is 2.88 bits per heavy atom. The molecule has 3 aromatic rings. The number of piperidine rings is 1. The number of carbonyl (C=O) groups is 1. The van der Waals surface area contributed by atoms with Crippen LogP contribution in [0.1, 0.15) is 40.7 Å². The van der Waals surface area contributed by atoms with E-state index in [1.807, 2.05) is 43.0 Å². The second kappa shape index (κ2) is 6.86. The molecule has 134 valence electrons. The molecule has 0 unspecified atom stereocenters. The fourth-order valence-corrected chi connectivity index (χ4v) is 3.78. The highest BCUT2D eigenvalue weighted by Crippen LogP contribution is 2.22. The van der Waals surface area contributed by atoms with E-state index in [1.54, 1.807) is 6.07 Å². The molecule has 1 N–H and O–H groups in total. The Balaban J connectivity index is 1.47. The standard InChI is InChI=1S/C20H23N5O/c1-13-10-18(22-14(2)21-13)20(26)25-9-5-6-15(12-25)11-19-23-16-7-3-4-8-17(16)24-19/h3-4,7-8,10,15H,5-6,9,11-12H2,1-2H3,(H,23,24)/t15-/m0/s1. The number of amides is 1. The molecule has 1 aromatic carbocycles. The van der Waals surface area contributed by atoms with E-state index in [0.29, 0.717) is 17.4 Å². The van der Waals surface area contributed by atoms with Crippen LogP contribution in [0.5, 0.6) is 0 Å². The summed E-state index contributed by atoms with van der Waals surface area (Å²) in [7, 11) is 0. The number of aromatic amines is 1. The van der Waals surface area contributed by atoms with Crippen LogP contribution in [0.4, 0.5) is 0 Å². The van der Waals surface area contributed by atoms with Crippen LogP contribution >= 0.6 is 0 Å². The zero-order valence-electron chi connectivity index (χ0n) is 15.2. The predicted octanol–water partition coefficient (Wildman–Crippen LogP) is 3.06. The van der Waals surface area contributed by atoms with Crippen molar-refractivity contribution >= 4 is 16.9 Å². The van der Waals surface area contributed by atoms with Gasteiger partial charge in [-0.15, -0.1) is 0 Å². The number of hydrogen-bond acceptors (Lipinski definition) is 4. The number of fused-ring (bicyclic) bond motifs is 1. The topological polar surface area (TPSA) is 74.8 Å². The molecule has 6 nitrogen and oxygen atoms in total. The average Bonchev–Trinajstić information content (AvgIpc) is 3.02. The predicted molar refractivity (Wildman–Crippen MR) is 99.9 cm³/mol. The Labute approximate surface area is 152 Å². The second-order valence-electron chi connectivity index (χ2n) is 7.11. The van der Waals surface area contributed by atoms with Gasteiger partial charge in [0.05, 0.1) is 11.0 Å². The third kappa shape index (κ3) is 3.45. The molecule has 2 aromatic heterocycles. The first kappa shape index (κ1) is 16.7. The molecule has 0 spiro atoms. The zero-order valence-corrected chi connectivity index (χ0v) is 15.2. The minimum absolute atomic E-state index is 0.00732. The highest BCUT2D eigenvalue weighted by atomic mass is 16.2. The smallest absolute Gasteiger partial charge is 0.272 e. The summed E-state index contributed by atoms with van der Waals surface area (Å²) in [6.07, 6.45) is 2.99. The van der Waals surface area contributed by atoms with E-state index < -0.39 is 0 Å². The van der Waals surface area contributed by atoms with Gasteiger partial charge in [-0.2, -0.15) is 0 Å². The maximum Gasteiger partial charge on any atom is 0.272 e. The number of para-hydroxylation sites is 2. The van der Waals surface area contributed by atoms with Crippen molar-refractivity contribution in [1.29, 1.82) is 0 Å². The first-order valence-corrected chi connectivity index (χ1v) is 9.13. The molecular weight excluding hydrogens is 326 g/mol. The normalized spacial score (nSPS) is 17.6. The molecule has 0 aliphatic carbocycles. The summed E-state index contributed by atoms with van der Waals surface area (Å²) in [6.45, 7) is 5.26. The molecule has 0 radical (unpaired) electrons. The minimum atomic E-state index is 0.00732. The van der Waals surface area contributed by atoms with Gasteiger partial charge in [0.2, 0.25) is 0 Å². The number of aryl methyl sites for hydroxylation is 2. The van der Waals surface area contributed by atoms with Crippen molar-refractivity contribution in [2.45, 2.75) is 33.1 Å². The molecular formula is C20H23N5O. The lowest BCUT2D eigenvalue weighted by Gasteiger charge is -2.32. The number of hydrogen-bond donors (Lipinski definition) is 1. The van der Waals surface area contributed by atoms with Gasteiger partial charge in [0.1, 0.15) is 17.3 Å².